The number of rotatable bonds is 4. The molecule has 2 N–H and O–H groups in total. The number of likely N-dealkylation sites (tertiary alicyclic amines) is 1. The number of benzene rings is 1. The monoisotopic (exact) mass is 415 g/mol. The van der Waals surface area contributed by atoms with Gasteiger partial charge in [0.15, 0.2) is 0 Å². The molecule has 0 radical (unpaired) electrons. The first-order chi connectivity index (χ1) is 13.9. The van der Waals surface area contributed by atoms with Crippen LogP contribution in [0, 0.1) is 12.3 Å². The van der Waals surface area contributed by atoms with E-state index >= 15 is 0 Å². The zero-order chi connectivity index (χ0) is 20.6. The first kappa shape index (κ1) is 19.4. The lowest BCUT2D eigenvalue weighted by atomic mass is 9.80. The smallest absolute Gasteiger partial charge is 0.270 e. The molecule has 8 nitrogen and oxygen atoms in total. The van der Waals surface area contributed by atoms with Crippen molar-refractivity contribution >= 4 is 34.3 Å². The maximum absolute atomic E-state index is 13.1. The Morgan fingerprint density at radius 1 is 1.38 bits per heavy atom. The molecule has 3 heterocycles. The third-order valence-corrected chi connectivity index (χ3v) is 5.87. The van der Waals surface area contributed by atoms with Crippen molar-refractivity contribution in [2.45, 2.75) is 33.2 Å². The van der Waals surface area contributed by atoms with Gasteiger partial charge in [0.25, 0.3) is 5.91 Å². The van der Waals surface area contributed by atoms with E-state index in [0.717, 1.165) is 17.3 Å². The maximum atomic E-state index is 13.1. The van der Waals surface area contributed by atoms with Crippen molar-refractivity contribution in [1.29, 1.82) is 0 Å². The van der Waals surface area contributed by atoms with E-state index in [4.69, 9.17) is 11.6 Å². The van der Waals surface area contributed by atoms with Crippen molar-refractivity contribution < 1.29 is 14.2 Å². The van der Waals surface area contributed by atoms with E-state index in [1.165, 1.54) is 0 Å². The number of nitrogens with one attached hydrogen (secondary N) is 2. The van der Waals surface area contributed by atoms with Gasteiger partial charge < -0.3 is 15.2 Å². The molecule has 1 aliphatic rings. The van der Waals surface area contributed by atoms with Gasteiger partial charge in [0.2, 0.25) is 5.91 Å². The van der Waals surface area contributed by atoms with Crippen LogP contribution in [0.15, 0.2) is 28.9 Å². The van der Waals surface area contributed by atoms with Gasteiger partial charge in [-0.25, -0.2) is 4.63 Å². The predicted molar refractivity (Wildman–Crippen MR) is 107 cm³/mol. The average Bonchev–Trinajstić information content (AvgIpc) is 3.32. The highest BCUT2D eigenvalue weighted by Gasteiger charge is 2.39. The Bertz CT molecular complexity index is 1080. The van der Waals surface area contributed by atoms with Crippen LogP contribution in [0.2, 0.25) is 5.02 Å². The molecule has 1 unspecified atom stereocenters. The number of piperidine rings is 1. The van der Waals surface area contributed by atoms with Crippen LogP contribution in [0.1, 0.15) is 41.6 Å². The second-order valence-corrected chi connectivity index (χ2v) is 8.16. The minimum atomic E-state index is -0.678. The third-order valence-electron chi connectivity index (χ3n) is 5.54. The summed E-state index contributed by atoms with van der Waals surface area (Å²) < 4.78 is 4.66. The molecule has 1 aromatic carbocycles. The number of carbonyl (C=O) groups excluding carboxylic acids is 2. The van der Waals surface area contributed by atoms with Crippen molar-refractivity contribution in [1.82, 2.24) is 25.5 Å². The highest BCUT2D eigenvalue weighted by Crippen LogP contribution is 2.31. The van der Waals surface area contributed by atoms with Gasteiger partial charge in [-0.2, -0.15) is 0 Å². The van der Waals surface area contributed by atoms with Crippen molar-refractivity contribution in [3.63, 3.8) is 0 Å². The first-order valence-electron chi connectivity index (χ1n) is 9.50. The Labute approximate surface area is 172 Å². The summed E-state index contributed by atoms with van der Waals surface area (Å²) in [6, 6.07) is 7.28. The van der Waals surface area contributed by atoms with E-state index in [9.17, 15) is 9.59 Å². The number of hydrogen-bond donors (Lipinski definition) is 2. The molecule has 0 aliphatic carbocycles. The van der Waals surface area contributed by atoms with Crippen molar-refractivity contribution in [2.75, 3.05) is 13.1 Å². The largest absolute Gasteiger partial charge is 0.350 e. The molecular formula is C20H22ClN5O3. The number of aromatic nitrogens is 3. The SMILES string of the molecule is Cc1nonc1CNC(=O)C1(C)CCCN(C(=O)c2cc3c(Cl)cccc3[nH]2)C1. The normalized spacial score (nSPS) is 19.5. The van der Waals surface area contributed by atoms with Crippen LogP contribution in [0.4, 0.5) is 0 Å². The van der Waals surface area contributed by atoms with Gasteiger partial charge in [-0.1, -0.05) is 28.0 Å². The number of nitrogens with zero attached hydrogens (tertiary/aromatic N) is 3. The lowest BCUT2D eigenvalue weighted by Crippen LogP contribution is -2.51. The molecule has 0 bridgehead atoms. The van der Waals surface area contributed by atoms with Gasteiger partial charge in [-0.05, 0) is 44.9 Å². The summed E-state index contributed by atoms with van der Waals surface area (Å²) in [6.07, 6.45) is 1.46. The summed E-state index contributed by atoms with van der Waals surface area (Å²) in [5.74, 6) is -0.246. The molecule has 3 aromatic rings. The van der Waals surface area contributed by atoms with Crippen LogP contribution in [-0.4, -0.2) is 45.1 Å². The molecule has 1 atom stereocenters. The van der Waals surface area contributed by atoms with Crippen LogP contribution >= 0.6 is 11.6 Å². The Kier molecular flexibility index (Phi) is 5.04. The minimum absolute atomic E-state index is 0.114. The van der Waals surface area contributed by atoms with E-state index in [0.29, 0.717) is 41.6 Å². The second-order valence-electron chi connectivity index (χ2n) is 7.75. The predicted octanol–water partition coefficient (Wildman–Crippen LogP) is 3.07. The lowest BCUT2D eigenvalue weighted by molar-refractivity contribution is -0.132. The Hall–Kier alpha value is -2.87. The van der Waals surface area contributed by atoms with E-state index in [-0.39, 0.29) is 18.4 Å². The molecule has 2 amide bonds. The van der Waals surface area contributed by atoms with Crippen molar-refractivity contribution in [2.24, 2.45) is 5.41 Å². The Balaban J connectivity index is 1.47. The molecule has 2 aromatic heterocycles. The zero-order valence-electron chi connectivity index (χ0n) is 16.3. The fourth-order valence-electron chi connectivity index (χ4n) is 3.79. The molecule has 4 rings (SSSR count). The summed E-state index contributed by atoms with van der Waals surface area (Å²) in [7, 11) is 0. The van der Waals surface area contributed by atoms with Crippen LogP contribution in [0.5, 0.6) is 0 Å². The highest BCUT2D eigenvalue weighted by molar-refractivity contribution is 6.35. The van der Waals surface area contributed by atoms with Crippen molar-refractivity contribution in [3.05, 3.63) is 46.4 Å². The summed E-state index contributed by atoms with van der Waals surface area (Å²) in [4.78, 5) is 30.8. The molecule has 152 valence electrons. The number of fused-ring (bicyclic) bond motifs is 1. The summed E-state index contributed by atoms with van der Waals surface area (Å²) in [5, 5.41) is 11.8. The minimum Gasteiger partial charge on any atom is -0.350 e. The van der Waals surface area contributed by atoms with E-state index in [1.54, 1.807) is 24.0 Å². The number of hydrogen-bond acceptors (Lipinski definition) is 5. The standard InChI is InChI=1S/C20H22ClN5O3/c1-12-17(25-29-24-12)10-22-19(28)20(2)7-4-8-26(11-20)18(27)16-9-13-14(21)5-3-6-15(13)23-16/h3,5-6,9,23H,4,7-8,10-11H2,1-2H3,(H,22,28). The quantitative estimate of drug-likeness (QED) is 0.681. The molecule has 9 heteroatoms. The molecule has 1 saturated heterocycles. The zero-order valence-corrected chi connectivity index (χ0v) is 17.0. The number of aromatic amines is 1. The Morgan fingerprint density at radius 2 is 2.21 bits per heavy atom. The third kappa shape index (κ3) is 3.72. The Morgan fingerprint density at radius 3 is 2.93 bits per heavy atom. The summed E-state index contributed by atoms with van der Waals surface area (Å²) in [5.41, 5.74) is 1.86. The van der Waals surface area contributed by atoms with E-state index < -0.39 is 5.41 Å². The van der Waals surface area contributed by atoms with Gasteiger partial charge in [0, 0.05) is 29.0 Å². The van der Waals surface area contributed by atoms with Crippen molar-refractivity contribution in [3.8, 4) is 0 Å². The van der Waals surface area contributed by atoms with E-state index in [2.05, 4.69) is 25.2 Å². The van der Waals surface area contributed by atoms with Crippen LogP contribution < -0.4 is 5.32 Å². The van der Waals surface area contributed by atoms with Gasteiger partial charge in [0.05, 0.1) is 12.0 Å². The second kappa shape index (κ2) is 7.51. The van der Waals surface area contributed by atoms with Crippen LogP contribution in [0.25, 0.3) is 10.9 Å². The summed E-state index contributed by atoms with van der Waals surface area (Å²) in [6.45, 7) is 4.86. The maximum Gasteiger partial charge on any atom is 0.270 e. The number of H-pyrrole nitrogens is 1. The van der Waals surface area contributed by atoms with Gasteiger partial charge >= 0.3 is 0 Å². The topological polar surface area (TPSA) is 104 Å². The number of carbonyl (C=O) groups is 2. The van der Waals surface area contributed by atoms with Gasteiger partial charge in [-0.15, -0.1) is 0 Å². The van der Waals surface area contributed by atoms with Gasteiger partial charge in [0.1, 0.15) is 17.1 Å². The molecule has 1 fully saturated rings. The fourth-order valence-corrected chi connectivity index (χ4v) is 4.02. The van der Waals surface area contributed by atoms with Crippen LogP contribution in [0.3, 0.4) is 0 Å². The number of amides is 2. The van der Waals surface area contributed by atoms with Crippen LogP contribution in [-0.2, 0) is 11.3 Å². The molecule has 29 heavy (non-hydrogen) atoms. The van der Waals surface area contributed by atoms with E-state index in [1.807, 2.05) is 19.1 Å². The fraction of sp³-hybridized carbons (Fsp3) is 0.400. The molecule has 0 saturated carbocycles. The lowest BCUT2D eigenvalue weighted by Gasteiger charge is -2.39. The molecular weight excluding hydrogens is 394 g/mol. The number of halogens is 1. The average molecular weight is 416 g/mol. The first-order valence-corrected chi connectivity index (χ1v) is 9.88. The molecule has 1 aliphatic heterocycles. The molecule has 0 spiro atoms. The van der Waals surface area contributed by atoms with Gasteiger partial charge in [-0.3, -0.25) is 9.59 Å². The number of aryl methyl sites for hydroxylation is 1. The summed E-state index contributed by atoms with van der Waals surface area (Å²) >= 11 is 6.22. The highest BCUT2D eigenvalue weighted by atomic mass is 35.5.